The lowest BCUT2D eigenvalue weighted by Crippen LogP contribution is -2.33. The Morgan fingerprint density at radius 3 is 2.05 bits per heavy atom. The maximum absolute atomic E-state index is 10.3. The van der Waals surface area contributed by atoms with E-state index in [-0.39, 0.29) is 0 Å². The Labute approximate surface area is 120 Å². The Morgan fingerprint density at radius 1 is 0.800 bits per heavy atom. The van der Waals surface area contributed by atoms with Crippen molar-refractivity contribution in [3.8, 4) is 0 Å². The van der Waals surface area contributed by atoms with Gasteiger partial charge in [-0.05, 0) is 56.8 Å². The summed E-state index contributed by atoms with van der Waals surface area (Å²) in [4.78, 5) is 0. The predicted molar refractivity (Wildman–Crippen MR) is 73.0 cm³/mol. The van der Waals surface area contributed by atoms with Crippen LogP contribution in [0.15, 0.2) is 0 Å². The predicted octanol–water partition coefficient (Wildman–Crippen LogP) is 1.97. The third-order valence-electron chi connectivity index (χ3n) is 5.79. The van der Waals surface area contributed by atoms with Crippen LogP contribution in [0.5, 0.6) is 0 Å². The van der Waals surface area contributed by atoms with Crippen LogP contribution >= 0.6 is 0 Å². The molecule has 2 saturated heterocycles. The summed E-state index contributed by atoms with van der Waals surface area (Å²) in [5, 5.41) is 20.5. The minimum atomic E-state index is -1.48. The van der Waals surface area contributed by atoms with E-state index in [0.717, 1.165) is 32.1 Å². The molecular formula is C16H26O4. The summed E-state index contributed by atoms with van der Waals surface area (Å²) in [6.07, 6.45) is 10.6. The Hall–Kier alpha value is -0.160. The van der Waals surface area contributed by atoms with Gasteiger partial charge in [0.15, 0.2) is 5.79 Å². The van der Waals surface area contributed by atoms with Crippen molar-refractivity contribution >= 4 is 0 Å². The molecule has 2 aliphatic heterocycles. The smallest absolute Gasteiger partial charge is 0.162 e. The van der Waals surface area contributed by atoms with Gasteiger partial charge in [0.05, 0.1) is 24.4 Å². The number of hydrogen-bond donors (Lipinski definition) is 2. The van der Waals surface area contributed by atoms with E-state index in [0.29, 0.717) is 49.1 Å². The minimum Gasteiger partial charge on any atom is -0.370 e. The molecule has 0 aromatic carbocycles. The fourth-order valence-electron chi connectivity index (χ4n) is 4.42. The molecule has 0 amide bonds. The van der Waals surface area contributed by atoms with Gasteiger partial charge in [-0.3, -0.25) is 0 Å². The molecule has 4 nitrogen and oxygen atoms in total. The summed E-state index contributed by atoms with van der Waals surface area (Å²) in [5.74, 6) is -0.427. The van der Waals surface area contributed by atoms with Gasteiger partial charge in [0.1, 0.15) is 0 Å². The third-order valence-corrected chi connectivity index (χ3v) is 5.79. The second-order valence-corrected chi connectivity index (χ2v) is 7.51. The van der Waals surface area contributed by atoms with Gasteiger partial charge >= 0.3 is 0 Å². The Balaban J connectivity index is 1.22. The van der Waals surface area contributed by atoms with E-state index in [1.807, 2.05) is 0 Å². The molecule has 0 spiro atoms. The second kappa shape index (κ2) is 4.94. The molecule has 0 radical (unpaired) electrons. The van der Waals surface area contributed by atoms with Crippen molar-refractivity contribution in [1.82, 2.24) is 0 Å². The first-order chi connectivity index (χ1) is 9.59. The van der Waals surface area contributed by atoms with Gasteiger partial charge in [0.25, 0.3) is 0 Å². The number of epoxide rings is 2. The van der Waals surface area contributed by atoms with E-state index in [2.05, 4.69) is 0 Å². The van der Waals surface area contributed by atoms with Crippen LogP contribution in [0, 0.1) is 11.8 Å². The molecular weight excluding hydrogens is 256 g/mol. The minimum absolute atomic E-state index is 0.423. The molecule has 6 unspecified atom stereocenters. The zero-order valence-electron chi connectivity index (χ0n) is 12.0. The number of rotatable bonds is 5. The highest BCUT2D eigenvalue weighted by Crippen LogP contribution is 2.44. The molecule has 114 valence electrons. The average molecular weight is 282 g/mol. The van der Waals surface area contributed by atoms with Crippen LogP contribution in [-0.4, -0.2) is 40.4 Å². The van der Waals surface area contributed by atoms with E-state index >= 15 is 0 Å². The van der Waals surface area contributed by atoms with Crippen LogP contribution in [0.1, 0.15) is 57.8 Å². The molecule has 2 heterocycles. The van der Waals surface area contributed by atoms with Gasteiger partial charge in [0.2, 0.25) is 0 Å². The first kappa shape index (κ1) is 13.5. The Bertz CT molecular complexity index is 369. The summed E-state index contributed by atoms with van der Waals surface area (Å²) in [5.41, 5.74) is 0. The first-order valence-corrected chi connectivity index (χ1v) is 8.35. The molecule has 6 atom stereocenters. The molecule has 2 N–H and O–H groups in total. The standard InChI is InChI=1S/C16H26O4/c17-16(18,9-11-2-4-13-15(8-11)20-13)6-5-10-1-3-12-14(7-10)19-12/h10-15,17-18H,1-9H2. The zero-order valence-corrected chi connectivity index (χ0v) is 12.0. The maximum Gasteiger partial charge on any atom is 0.162 e. The van der Waals surface area contributed by atoms with Gasteiger partial charge in [0, 0.05) is 12.8 Å². The average Bonchev–Trinajstić information content (AvgIpc) is 3.29. The van der Waals surface area contributed by atoms with Gasteiger partial charge in [-0.2, -0.15) is 0 Å². The van der Waals surface area contributed by atoms with Crippen LogP contribution < -0.4 is 0 Å². The van der Waals surface area contributed by atoms with E-state index < -0.39 is 5.79 Å². The van der Waals surface area contributed by atoms with Crippen molar-refractivity contribution in [3.63, 3.8) is 0 Å². The van der Waals surface area contributed by atoms with E-state index in [1.165, 1.54) is 12.8 Å². The summed E-state index contributed by atoms with van der Waals surface area (Å²) in [6, 6.07) is 0. The number of aliphatic hydroxyl groups is 2. The lowest BCUT2D eigenvalue weighted by atomic mass is 9.81. The molecule has 4 heteroatoms. The molecule has 4 aliphatic rings. The molecule has 4 fully saturated rings. The lowest BCUT2D eigenvalue weighted by molar-refractivity contribution is -0.182. The van der Waals surface area contributed by atoms with Crippen LogP contribution in [-0.2, 0) is 9.47 Å². The largest absolute Gasteiger partial charge is 0.370 e. The van der Waals surface area contributed by atoms with E-state index in [4.69, 9.17) is 9.47 Å². The van der Waals surface area contributed by atoms with Crippen molar-refractivity contribution < 1.29 is 19.7 Å². The highest BCUT2D eigenvalue weighted by atomic mass is 16.6. The third kappa shape index (κ3) is 3.03. The monoisotopic (exact) mass is 282 g/mol. The van der Waals surface area contributed by atoms with Crippen molar-refractivity contribution in [3.05, 3.63) is 0 Å². The van der Waals surface area contributed by atoms with Crippen LogP contribution in [0.4, 0.5) is 0 Å². The van der Waals surface area contributed by atoms with Gasteiger partial charge in [-0.1, -0.05) is 0 Å². The van der Waals surface area contributed by atoms with Gasteiger partial charge in [-0.15, -0.1) is 0 Å². The van der Waals surface area contributed by atoms with Gasteiger partial charge < -0.3 is 19.7 Å². The second-order valence-electron chi connectivity index (χ2n) is 7.51. The molecule has 4 rings (SSSR count). The van der Waals surface area contributed by atoms with Crippen molar-refractivity contribution in [2.45, 2.75) is 88.0 Å². The van der Waals surface area contributed by atoms with Crippen molar-refractivity contribution in [1.29, 1.82) is 0 Å². The Kier molecular flexibility index (Phi) is 3.33. The zero-order chi connectivity index (χ0) is 13.7. The quantitative estimate of drug-likeness (QED) is 0.598. The lowest BCUT2D eigenvalue weighted by Gasteiger charge is -2.30. The molecule has 0 bridgehead atoms. The highest BCUT2D eigenvalue weighted by Gasteiger charge is 2.46. The number of fused-ring (bicyclic) bond motifs is 2. The van der Waals surface area contributed by atoms with Crippen molar-refractivity contribution in [2.24, 2.45) is 11.8 Å². The van der Waals surface area contributed by atoms with E-state index in [1.54, 1.807) is 0 Å². The van der Waals surface area contributed by atoms with Crippen LogP contribution in [0.2, 0.25) is 0 Å². The summed E-state index contributed by atoms with van der Waals surface area (Å²) in [7, 11) is 0. The van der Waals surface area contributed by atoms with Crippen molar-refractivity contribution in [2.75, 3.05) is 0 Å². The summed E-state index contributed by atoms with van der Waals surface area (Å²) >= 11 is 0. The summed E-state index contributed by atoms with van der Waals surface area (Å²) in [6.45, 7) is 0. The topological polar surface area (TPSA) is 65.5 Å². The molecule has 2 saturated carbocycles. The molecule has 20 heavy (non-hydrogen) atoms. The van der Waals surface area contributed by atoms with Gasteiger partial charge in [-0.25, -0.2) is 0 Å². The highest BCUT2D eigenvalue weighted by molar-refractivity contribution is 4.94. The number of ether oxygens (including phenoxy) is 2. The van der Waals surface area contributed by atoms with Crippen LogP contribution in [0.3, 0.4) is 0 Å². The number of hydrogen-bond acceptors (Lipinski definition) is 4. The summed E-state index contributed by atoms with van der Waals surface area (Å²) < 4.78 is 11.1. The molecule has 2 aliphatic carbocycles. The first-order valence-electron chi connectivity index (χ1n) is 8.35. The fraction of sp³-hybridized carbons (Fsp3) is 1.00. The maximum atomic E-state index is 10.3. The van der Waals surface area contributed by atoms with Crippen LogP contribution in [0.25, 0.3) is 0 Å². The molecule has 0 aromatic rings. The van der Waals surface area contributed by atoms with E-state index in [9.17, 15) is 10.2 Å². The molecule has 0 aromatic heterocycles. The normalized spacial score (nSPS) is 46.5. The SMILES string of the molecule is OC(O)(CCC1CCC2OC2C1)CC1CCC2OC2C1. The fourth-order valence-corrected chi connectivity index (χ4v) is 4.42. The Morgan fingerprint density at radius 2 is 1.40 bits per heavy atom.